The van der Waals surface area contributed by atoms with Crippen molar-refractivity contribution >= 4 is 16.0 Å². The smallest absolute Gasteiger partial charge is 0.480 e. The topological polar surface area (TPSA) is 95.9 Å². The highest BCUT2D eigenvalue weighted by atomic mass is 32.2. The van der Waals surface area contributed by atoms with Crippen LogP contribution in [0, 0.1) is 5.92 Å². The van der Waals surface area contributed by atoms with Gasteiger partial charge in [-0.05, 0) is 46.7 Å². The molecular weight excluding hydrogens is 473 g/mol. The number of aliphatic carboxylic acids is 1. The van der Waals surface area contributed by atoms with Crippen LogP contribution in [-0.2, 0) is 26.0 Å². The van der Waals surface area contributed by atoms with Crippen LogP contribution in [0.3, 0.4) is 0 Å². The molecule has 1 aliphatic heterocycles. The Balaban J connectivity index is 1.84. The highest BCUT2D eigenvalue weighted by Crippen LogP contribution is 2.52. The number of piperazine rings is 1. The van der Waals surface area contributed by atoms with Crippen molar-refractivity contribution in [3.63, 3.8) is 0 Å². The predicted molar refractivity (Wildman–Crippen MR) is 119 cm³/mol. The minimum absolute atomic E-state index is 0.184. The lowest BCUT2D eigenvalue weighted by Gasteiger charge is -2.38. The Morgan fingerprint density at radius 2 is 1.82 bits per heavy atom. The monoisotopic (exact) mass is 498 g/mol. The predicted octanol–water partition coefficient (Wildman–Crippen LogP) is 3.35. The molecule has 0 bridgehead atoms. The summed E-state index contributed by atoms with van der Waals surface area (Å²) < 4.78 is 68.4. The normalized spacial score (nSPS) is 23.5. The molecule has 2 unspecified atom stereocenters. The number of carbonyl (C=O) groups is 1. The average Bonchev–Trinajstić information content (AvgIpc) is 3.15. The molecule has 2 N–H and O–H groups in total. The molecule has 2 aromatic rings. The van der Waals surface area contributed by atoms with Crippen molar-refractivity contribution in [1.82, 2.24) is 9.62 Å². The number of rotatable bonds is 6. The zero-order valence-corrected chi connectivity index (χ0v) is 19.2. The number of carboxylic acid groups (broad SMARTS) is 1. The highest BCUT2D eigenvalue weighted by Gasteiger charge is 2.63. The van der Waals surface area contributed by atoms with Crippen molar-refractivity contribution < 1.29 is 36.2 Å². The lowest BCUT2D eigenvalue weighted by atomic mass is 9.89. The molecule has 2 atom stereocenters. The largest absolute Gasteiger partial charge is 0.573 e. The van der Waals surface area contributed by atoms with Crippen molar-refractivity contribution in [3.8, 4) is 16.9 Å². The maximum atomic E-state index is 13.9. The van der Waals surface area contributed by atoms with Crippen molar-refractivity contribution in [2.75, 3.05) is 26.2 Å². The van der Waals surface area contributed by atoms with Gasteiger partial charge in [0.1, 0.15) is 5.75 Å². The molecule has 0 spiro atoms. The van der Waals surface area contributed by atoms with E-state index in [-0.39, 0.29) is 30.8 Å². The quantitative estimate of drug-likeness (QED) is 0.634. The molecule has 0 saturated carbocycles. The first kappa shape index (κ1) is 24.5. The molecule has 0 radical (unpaired) electrons. The first-order valence-corrected chi connectivity index (χ1v) is 12.4. The van der Waals surface area contributed by atoms with Crippen LogP contribution < -0.4 is 10.1 Å². The Morgan fingerprint density at radius 3 is 2.38 bits per heavy atom. The molecule has 1 saturated heterocycles. The van der Waals surface area contributed by atoms with Crippen LogP contribution in [0.25, 0.3) is 11.1 Å². The van der Waals surface area contributed by atoms with Crippen LogP contribution in [0.2, 0.25) is 0 Å². The Kier molecular flexibility index (Phi) is 6.38. The molecule has 4 rings (SSSR count). The van der Waals surface area contributed by atoms with Crippen LogP contribution in [0.15, 0.2) is 42.5 Å². The summed E-state index contributed by atoms with van der Waals surface area (Å²) in [5, 5.41) is 13.5. The van der Waals surface area contributed by atoms with Crippen LogP contribution >= 0.6 is 0 Å². The summed E-state index contributed by atoms with van der Waals surface area (Å²) in [6.45, 7) is 3.01. The summed E-state index contributed by atoms with van der Waals surface area (Å²) in [4.78, 5) is 12.8. The summed E-state index contributed by atoms with van der Waals surface area (Å²) in [5.41, 5.74) is 1.94. The molecule has 1 heterocycles. The molecule has 1 fully saturated rings. The van der Waals surface area contributed by atoms with E-state index >= 15 is 0 Å². The zero-order valence-electron chi connectivity index (χ0n) is 18.4. The third-order valence-electron chi connectivity index (χ3n) is 6.63. The van der Waals surface area contributed by atoms with E-state index in [1.165, 1.54) is 28.6 Å². The summed E-state index contributed by atoms with van der Waals surface area (Å²) >= 11 is 0. The molecule has 34 heavy (non-hydrogen) atoms. The molecule has 1 aliphatic carbocycles. The van der Waals surface area contributed by atoms with Gasteiger partial charge in [0.15, 0.2) is 0 Å². The number of sulfonamides is 1. The van der Waals surface area contributed by atoms with Gasteiger partial charge in [0.05, 0.1) is 0 Å². The first-order chi connectivity index (χ1) is 16.0. The van der Waals surface area contributed by atoms with E-state index in [2.05, 4.69) is 10.1 Å². The van der Waals surface area contributed by atoms with Gasteiger partial charge in [0.25, 0.3) is 0 Å². The Hall–Kier alpha value is -2.63. The molecule has 184 valence electrons. The number of hydrogen-bond acceptors (Lipinski definition) is 5. The first-order valence-electron chi connectivity index (χ1n) is 10.9. The van der Waals surface area contributed by atoms with Crippen molar-refractivity contribution in [3.05, 3.63) is 53.6 Å². The van der Waals surface area contributed by atoms with Crippen LogP contribution in [0.5, 0.6) is 5.75 Å². The number of benzene rings is 2. The van der Waals surface area contributed by atoms with Gasteiger partial charge in [-0.15, -0.1) is 13.2 Å². The third-order valence-corrected chi connectivity index (χ3v) is 9.22. The summed E-state index contributed by atoms with van der Waals surface area (Å²) in [5.74, 6) is -2.49. The summed E-state index contributed by atoms with van der Waals surface area (Å²) in [6.07, 6.45) is -4.27. The second-order valence-electron chi connectivity index (χ2n) is 8.41. The lowest BCUT2D eigenvalue weighted by Crippen LogP contribution is -2.57. The zero-order chi connectivity index (χ0) is 24.7. The lowest BCUT2D eigenvalue weighted by molar-refractivity contribution is -0.274. The Morgan fingerprint density at radius 1 is 1.18 bits per heavy atom. The number of alkyl halides is 3. The van der Waals surface area contributed by atoms with Crippen LogP contribution in [0.4, 0.5) is 13.2 Å². The fraction of sp³-hybridized carbons (Fsp3) is 0.435. The molecule has 2 aliphatic rings. The number of fused-ring (bicyclic) bond motifs is 1. The van der Waals surface area contributed by atoms with Gasteiger partial charge in [-0.2, -0.15) is 4.31 Å². The minimum atomic E-state index is -4.82. The standard InChI is InChI=1S/C23H25F3N2O5S/c1-2-16-14-19-18(15-6-8-17(9-7-15)33-23(24,25)26)4-3-5-20(19)22(16,21(29)30)34(31,32)28-12-10-27-11-13-28/h3-9,16,27H,2,10-14H2,1H3,(H,29,30). The van der Waals surface area contributed by atoms with Gasteiger partial charge in [0.2, 0.25) is 14.8 Å². The fourth-order valence-electron chi connectivity index (χ4n) is 5.14. The van der Waals surface area contributed by atoms with Gasteiger partial charge < -0.3 is 15.2 Å². The van der Waals surface area contributed by atoms with E-state index in [4.69, 9.17) is 0 Å². The Bertz CT molecular complexity index is 1180. The maximum absolute atomic E-state index is 13.9. The van der Waals surface area contributed by atoms with Gasteiger partial charge in [-0.1, -0.05) is 43.7 Å². The number of nitrogens with zero attached hydrogens (tertiary/aromatic N) is 1. The van der Waals surface area contributed by atoms with Gasteiger partial charge in [0, 0.05) is 26.2 Å². The SMILES string of the molecule is CCC1Cc2c(-c3ccc(OC(F)(F)F)cc3)cccc2C1(C(=O)O)S(=O)(=O)N1CCNCC1. The van der Waals surface area contributed by atoms with Gasteiger partial charge >= 0.3 is 12.3 Å². The fourth-order valence-corrected chi connectivity index (χ4v) is 7.57. The number of carboxylic acids is 1. The van der Waals surface area contributed by atoms with E-state index < -0.39 is 33.0 Å². The molecular formula is C23H25F3N2O5S. The summed E-state index contributed by atoms with van der Waals surface area (Å²) in [6, 6.07) is 10.1. The van der Waals surface area contributed by atoms with E-state index in [0.29, 0.717) is 36.2 Å². The molecule has 11 heteroatoms. The van der Waals surface area contributed by atoms with Crippen LogP contribution in [-0.4, -0.2) is 56.3 Å². The summed E-state index contributed by atoms with van der Waals surface area (Å²) in [7, 11) is -4.27. The molecule has 2 aromatic carbocycles. The molecule has 0 aromatic heterocycles. The minimum Gasteiger partial charge on any atom is -0.480 e. The second-order valence-corrected chi connectivity index (χ2v) is 10.5. The number of nitrogens with one attached hydrogen (secondary N) is 1. The number of ether oxygens (including phenoxy) is 1. The number of hydrogen-bond donors (Lipinski definition) is 2. The van der Waals surface area contributed by atoms with E-state index in [1.807, 2.05) is 0 Å². The van der Waals surface area contributed by atoms with Gasteiger partial charge in [-0.25, -0.2) is 8.42 Å². The van der Waals surface area contributed by atoms with Crippen molar-refractivity contribution in [1.29, 1.82) is 0 Å². The molecule has 0 amide bonds. The molecule has 7 nitrogen and oxygen atoms in total. The van der Waals surface area contributed by atoms with E-state index in [1.54, 1.807) is 25.1 Å². The van der Waals surface area contributed by atoms with Gasteiger partial charge in [-0.3, -0.25) is 4.79 Å². The maximum Gasteiger partial charge on any atom is 0.573 e. The number of halogens is 3. The van der Waals surface area contributed by atoms with Crippen molar-refractivity contribution in [2.45, 2.75) is 30.9 Å². The van der Waals surface area contributed by atoms with E-state index in [9.17, 15) is 31.5 Å². The highest BCUT2D eigenvalue weighted by molar-refractivity contribution is 7.90. The Labute approximate surface area is 195 Å². The van der Waals surface area contributed by atoms with Crippen LogP contribution in [0.1, 0.15) is 24.5 Å². The van der Waals surface area contributed by atoms with Crippen molar-refractivity contribution in [2.24, 2.45) is 5.92 Å². The average molecular weight is 499 g/mol. The third kappa shape index (κ3) is 3.95. The second kappa shape index (κ2) is 8.86. The van der Waals surface area contributed by atoms with E-state index in [0.717, 1.165) is 0 Å².